The fraction of sp³-hybridized carbons (Fsp3) is 0.389. The molecule has 1 aromatic carbocycles. The molecule has 1 fully saturated rings. The van der Waals surface area contributed by atoms with Crippen LogP contribution in [-0.4, -0.2) is 47.5 Å². The lowest BCUT2D eigenvalue weighted by atomic mass is 10.1. The van der Waals surface area contributed by atoms with Crippen molar-refractivity contribution >= 4 is 0 Å². The molecular formula is C18H22FN3. The van der Waals surface area contributed by atoms with Gasteiger partial charge in [0.05, 0.1) is 6.20 Å². The largest absolute Gasteiger partial charge is 0.300 e. The number of benzene rings is 1. The van der Waals surface area contributed by atoms with Gasteiger partial charge >= 0.3 is 0 Å². The SMILES string of the molecule is Fc1cncc(CN2CCN(CCc3ccccc3)CC2)c1. The monoisotopic (exact) mass is 299 g/mol. The van der Waals surface area contributed by atoms with Crippen molar-refractivity contribution in [2.45, 2.75) is 13.0 Å². The van der Waals surface area contributed by atoms with E-state index in [0.29, 0.717) is 0 Å². The number of hydrogen-bond acceptors (Lipinski definition) is 3. The summed E-state index contributed by atoms with van der Waals surface area (Å²) >= 11 is 0. The van der Waals surface area contributed by atoms with Gasteiger partial charge in [-0.1, -0.05) is 30.3 Å². The number of aromatic nitrogens is 1. The van der Waals surface area contributed by atoms with Crippen LogP contribution in [0.15, 0.2) is 48.8 Å². The lowest BCUT2D eigenvalue weighted by Crippen LogP contribution is -2.46. The Bertz CT molecular complexity index is 580. The predicted octanol–water partition coefficient (Wildman–Crippen LogP) is 2.58. The normalized spacial score (nSPS) is 16.8. The molecular weight excluding hydrogens is 277 g/mol. The zero-order valence-corrected chi connectivity index (χ0v) is 12.8. The Kier molecular flexibility index (Phi) is 5.14. The van der Waals surface area contributed by atoms with Gasteiger partial charge in [0.2, 0.25) is 0 Å². The van der Waals surface area contributed by atoms with E-state index in [-0.39, 0.29) is 5.82 Å². The van der Waals surface area contributed by atoms with Crippen LogP contribution in [0, 0.1) is 5.82 Å². The Hall–Kier alpha value is -1.78. The Morgan fingerprint density at radius 2 is 1.64 bits per heavy atom. The van der Waals surface area contributed by atoms with Gasteiger partial charge in [-0.3, -0.25) is 9.88 Å². The molecule has 2 heterocycles. The summed E-state index contributed by atoms with van der Waals surface area (Å²) in [6, 6.07) is 12.2. The third-order valence-electron chi connectivity index (χ3n) is 4.19. The minimum atomic E-state index is -0.251. The molecule has 22 heavy (non-hydrogen) atoms. The van der Waals surface area contributed by atoms with Crippen LogP contribution < -0.4 is 0 Å². The van der Waals surface area contributed by atoms with E-state index in [1.807, 2.05) is 0 Å². The predicted molar refractivity (Wildman–Crippen MR) is 86.1 cm³/mol. The van der Waals surface area contributed by atoms with Gasteiger partial charge in [0.15, 0.2) is 0 Å². The van der Waals surface area contributed by atoms with Crippen molar-refractivity contribution in [3.8, 4) is 0 Å². The standard InChI is InChI=1S/C18H22FN3/c19-18-12-17(13-20-14-18)15-22-10-8-21(9-11-22)7-6-16-4-2-1-3-5-16/h1-5,12-14H,6-11,15H2. The highest BCUT2D eigenvalue weighted by molar-refractivity contribution is 5.15. The number of halogens is 1. The van der Waals surface area contributed by atoms with Crippen LogP contribution in [0.25, 0.3) is 0 Å². The summed E-state index contributed by atoms with van der Waals surface area (Å²) in [5.41, 5.74) is 2.36. The zero-order valence-electron chi connectivity index (χ0n) is 12.8. The van der Waals surface area contributed by atoms with Crippen LogP contribution in [0.4, 0.5) is 4.39 Å². The van der Waals surface area contributed by atoms with Crippen LogP contribution >= 0.6 is 0 Å². The fourth-order valence-electron chi connectivity index (χ4n) is 2.90. The van der Waals surface area contributed by atoms with Gasteiger partial charge in [0.25, 0.3) is 0 Å². The van der Waals surface area contributed by atoms with E-state index in [0.717, 1.165) is 51.3 Å². The van der Waals surface area contributed by atoms with E-state index >= 15 is 0 Å². The highest BCUT2D eigenvalue weighted by Gasteiger charge is 2.16. The molecule has 0 unspecified atom stereocenters. The summed E-state index contributed by atoms with van der Waals surface area (Å²) in [7, 11) is 0. The summed E-state index contributed by atoms with van der Waals surface area (Å²) in [4.78, 5) is 8.79. The maximum absolute atomic E-state index is 13.2. The average molecular weight is 299 g/mol. The molecule has 0 bridgehead atoms. The Labute approximate surface area is 131 Å². The second kappa shape index (κ2) is 7.47. The molecule has 0 radical (unpaired) electrons. The highest BCUT2D eigenvalue weighted by Crippen LogP contribution is 2.10. The first-order valence-corrected chi connectivity index (χ1v) is 7.88. The first-order valence-electron chi connectivity index (χ1n) is 7.88. The molecule has 1 aliphatic rings. The van der Waals surface area contributed by atoms with Crippen molar-refractivity contribution in [1.29, 1.82) is 0 Å². The van der Waals surface area contributed by atoms with Crippen molar-refractivity contribution in [2.24, 2.45) is 0 Å². The van der Waals surface area contributed by atoms with Gasteiger partial charge in [0, 0.05) is 45.5 Å². The van der Waals surface area contributed by atoms with Crippen LogP contribution in [0.3, 0.4) is 0 Å². The molecule has 0 amide bonds. The minimum Gasteiger partial charge on any atom is -0.300 e. The Morgan fingerprint density at radius 1 is 0.909 bits per heavy atom. The minimum absolute atomic E-state index is 0.251. The molecule has 116 valence electrons. The molecule has 1 aliphatic heterocycles. The summed E-state index contributed by atoms with van der Waals surface area (Å²) in [5.74, 6) is -0.251. The number of pyridine rings is 1. The van der Waals surface area contributed by atoms with Gasteiger partial charge in [-0.05, 0) is 23.6 Å². The summed E-state index contributed by atoms with van der Waals surface area (Å²) in [6.07, 6.45) is 4.12. The number of hydrogen-bond donors (Lipinski definition) is 0. The van der Waals surface area contributed by atoms with E-state index in [9.17, 15) is 4.39 Å². The van der Waals surface area contributed by atoms with E-state index in [4.69, 9.17) is 0 Å². The Balaban J connectivity index is 1.42. The van der Waals surface area contributed by atoms with Gasteiger partial charge in [-0.15, -0.1) is 0 Å². The molecule has 0 saturated carbocycles. The fourth-order valence-corrected chi connectivity index (χ4v) is 2.90. The van der Waals surface area contributed by atoms with Crippen molar-refractivity contribution in [3.05, 3.63) is 65.7 Å². The quantitative estimate of drug-likeness (QED) is 0.846. The van der Waals surface area contributed by atoms with E-state index in [1.54, 1.807) is 12.3 Å². The third-order valence-corrected chi connectivity index (χ3v) is 4.19. The maximum Gasteiger partial charge on any atom is 0.141 e. The van der Waals surface area contributed by atoms with Gasteiger partial charge in [-0.2, -0.15) is 0 Å². The topological polar surface area (TPSA) is 19.4 Å². The van der Waals surface area contributed by atoms with Crippen LogP contribution in [0.1, 0.15) is 11.1 Å². The highest BCUT2D eigenvalue weighted by atomic mass is 19.1. The first kappa shape index (κ1) is 15.1. The molecule has 4 heteroatoms. The molecule has 0 spiro atoms. The van der Waals surface area contributed by atoms with Gasteiger partial charge < -0.3 is 4.90 Å². The second-order valence-corrected chi connectivity index (χ2v) is 5.86. The lowest BCUT2D eigenvalue weighted by molar-refractivity contribution is 0.128. The average Bonchev–Trinajstić information content (AvgIpc) is 2.55. The molecule has 3 rings (SSSR count). The van der Waals surface area contributed by atoms with Crippen LogP contribution in [-0.2, 0) is 13.0 Å². The number of piperazine rings is 1. The molecule has 3 nitrogen and oxygen atoms in total. The van der Waals surface area contributed by atoms with Crippen LogP contribution in [0.5, 0.6) is 0 Å². The molecule has 1 aromatic heterocycles. The maximum atomic E-state index is 13.2. The molecule has 1 saturated heterocycles. The van der Waals surface area contributed by atoms with E-state index < -0.39 is 0 Å². The van der Waals surface area contributed by atoms with Crippen molar-refractivity contribution in [3.63, 3.8) is 0 Å². The Morgan fingerprint density at radius 3 is 2.36 bits per heavy atom. The molecule has 2 aromatic rings. The van der Waals surface area contributed by atoms with Gasteiger partial charge in [0.1, 0.15) is 5.82 Å². The van der Waals surface area contributed by atoms with E-state index in [2.05, 4.69) is 45.1 Å². The van der Waals surface area contributed by atoms with E-state index in [1.165, 1.54) is 11.8 Å². The van der Waals surface area contributed by atoms with Crippen molar-refractivity contribution in [1.82, 2.24) is 14.8 Å². The number of rotatable bonds is 5. The van der Waals surface area contributed by atoms with Crippen LogP contribution in [0.2, 0.25) is 0 Å². The smallest absolute Gasteiger partial charge is 0.141 e. The summed E-state index contributed by atoms with van der Waals surface area (Å²) in [5, 5.41) is 0. The molecule has 0 atom stereocenters. The summed E-state index contributed by atoms with van der Waals surface area (Å²) < 4.78 is 13.2. The summed E-state index contributed by atoms with van der Waals surface area (Å²) in [6.45, 7) is 6.12. The zero-order chi connectivity index (χ0) is 15.2. The van der Waals surface area contributed by atoms with Crippen molar-refractivity contribution < 1.29 is 4.39 Å². The first-order chi connectivity index (χ1) is 10.8. The molecule has 0 N–H and O–H groups in total. The molecule has 0 aliphatic carbocycles. The van der Waals surface area contributed by atoms with Crippen molar-refractivity contribution in [2.75, 3.05) is 32.7 Å². The second-order valence-electron chi connectivity index (χ2n) is 5.86. The number of nitrogens with zero attached hydrogens (tertiary/aromatic N) is 3. The van der Waals surface area contributed by atoms with Gasteiger partial charge in [-0.25, -0.2) is 4.39 Å². The third kappa shape index (κ3) is 4.36. The lowest BCUT2D eigenvalue weighted by Gasteiger charge is -2.34.